The summed E-state index contributed by atoms with van der Waals surface area (Å²) in [5.41, 5.74) is 8.92. The number of nitrogens with two attached hydrogens (primary N) is 1. The van der Waals surface area contributed by atoms with Gasteiger partial charge >= 0.3 is 0 Å². The molecule has 100 valence electrons. The van der Waals surface area contributed by atoms with Crippen LogP contribution in [0.5, 0.6) is 0 Å². The fourth-order valence-corrected chi connectivity index (χ4v) is 1.98. The summed E-state index contributed by atoms with van der Waals surface area (Å²) in [5.74, 6) is 1.30. The van der Waals surface area contributed by atoms with Gasteiger partial charge in [-0.05, 0) is 18.6 Å². The third-order valence-electron chi connectivity index (χ3n) is 2.97. The van der Waals surface area contributed by atoms with Crippen LogP contribution in [0.2, 0.25) is 0 Å². The van der Waals surface area contributed by atoms with Crippen LogP contribution in [-0.2, 0) is 6.42 Å². The molecule has 2 aromatic rings. The molecule has 1 heterocycles. The highest BCUT2D eigenvalue weighted by Gasteiger charge is 2.10. The average Bonchev–Trinajstić information content (AvgIpc) is 2.39. The Morgan fingerprint density at radius 2 is 1.95 bits per heavy atom. The molecule has 0 saturated heterocycles. The largest absolute Gasteiger partial charge is 0.383 e. The van der Waals surface area contributed by atoms with E-state index in [0.29, 0.717) is 5.82 Å². The van der Waals surface area contributed by atoms with E-state index in [1.165, 1.54) is 6.33 Å². The molecule has 0 aliphatic heterocycles. The minimum atomic E-state index is 0.530. The number of hydrogen-bond acceptors (Lipinski definition) is 5. The molecule has 0 bridgehead atoms. The van der Waals surface area contributed by atoms with Crippen LogP contribution < -0.4 is 16.0 Å². The van der Waals surface area contributed by atoms with Crippen molar-refractivity contribution in [2.24, 2.45) is 0 Å². The Kier molecular flexibility index (Phi) is 3.85. The number of nitrogens with zero attached hydrogens (tertiary/aromatic N) is 3. The molecule has 0 amide bonds. The van der Waals surface area contributed by atoms with Gasteiger partial charge in [-0.1, -0.05) is 19.1 Å². The molecule has 0 radical (unpaired) electrons. The van der Waals surface area contributed by atoms with Crippen molar-refractivity contribution in [3.05, 3.63) is 36.2 Å². The Hall–Kier alpha value is -2.30. The average molecular weight is 257 g/mol. The molecule has 0 spiro atoms. The van der Waals surface area contributed by atoms with Gasteiger partial charge in [-0.25, -0.2) is 9.97 Å². The van der Waals surface area contributed by atoms with E-state index in [2.05, 4.69) is 26.3 Å². The Labute approximate surface area is 113 Å². The number of benzene rings is 1. The van der Waals surface area contributed by atoms with Crippen LogP contribution in [0.15, 0.2) is 30.6 Å². The first-order valence-electron chi connectivity index (χ1n) is 6.26. The summed E-state index contributed by atoms with van der Waals surface area (Å²) in [6.45, 7) is 2.04. The van der Waals surface area contributed by atoms with E-state index in [-0.39, 0.29) is 0 Å². The summed E-state index contributed by atoms with van der Waals surface area (Å²) >= 11 is 0. The van der Waals surface area contributed by atoms with E-state index in [0.717, 1.165) is 29.2 Å². The Bertz CT molecular complexity index is 566. The second-order valence-corrected chi connectivity index (χ2v) is 4.48. The third-order valence-corrected chi connectivity index (χ3v) is 2.97. The molecule has 1 aromatic heterocycles. The number of rotatable bonds is 4. The summed E-state index contributed by atoms with van der Waals surface area (Å²) in [7, 11) is 4.02. The fraction of sp³-hybridized carbons (Fsp3) is 0.286. The van der Waals surface area contributed by atoms with Gasteiger partial charge in [-0.15, -0.1) is 0 Å². The summed E-state index contributed by atoms with van der Waals surface area (Å²) in [4.78, 5) is 10.4. The molecular weight excluding hydrogens is 238 g/mol. The maximum Gasteiger partial charge on any atom is 0.139 e. The highest BCUT2D eigenvalue weighted by molar-refractivity contribution is 5.75. The van der Waals surface area contributed by atoms with Crippen molar-refractivity contribution < 1.29 is 0 Å². The molecule has 1 aromatic carbocycles. The summed E-state index contributed by atoms with van der Waals surface area (Å²) in [5, 5.41) is 3.34. The first-order valence-corrected chi connectivity index (χ1v) is 6.26. The Balaban J connectivity index is 2.39. The van der Waals surface area contributed by atoms with Gasteiger partial charge in [0, 0.05) is 19.7 Å². The second-order valence-electron chi connectivity index (χ2n) is 4.48. The third kappa shape index (κ3) is 2.76. The first-order chi connectivity index (χ1) is 9.13. The molecule has 3 N–H and O–H groups in total. The highest BCUT2D eigenvalue weighted by Crippen LogP contribution is 2.28. The smallest absolute Gasteiger partial charge is 0.139 e. The van der Waals surface area contributed by atoms with Crippen molar-refractivity contribution in [2.45, 2.75) is 13.3 Å². The Morgan fingerprint density at radius 1 is 1.21 bits per heavy atom. The predicted octanol–water partition coefficient (Wildman–Crippen LogP) is 2.43. The van der Waals surface area contributed by atoms with Crippen LogP contribution in [0.4, 0.5) is 23.0 Å². The van der Waals surface area contributed by atoms with Crippen LogP contribution in [0, 0.1) is 0 Å². The van der Waals surface area contributed by atoms with Gasteiger partial charge in [-0.2, -0.15) is 0 Å². The second kappa shape index (κ2) is 5.56. The molecule has 0 unspecified atom stereocenters. The lowest BCUT2D eigenvalue weighted by atomic mass is 10.2. The lowest BCUT2D eigenvalue weighted by Crippen LogP contribution is -2.12. The Morgan fingerprint density at radius 3 is 2.63 bits per heavy atom. The number of anilines is 4. The van der Waals surface area contributed by atoms with Crippen molar-refractivity contribution in [1.82, 2.24) is 9.97 Å². The fourth-order valence-electron chi connectivity index (χ4n) is 1.98. The SMILES string of the molecule is CCc1c(N)ncnc1Nc1ccccc1N(C)C. The van der Waals surface area contributed by atoms with Crippen LogP contribution in [0.3, 0.4) is 0 Å². The molecule has 5 heteroatoms. The van der Waals surface area contributed by atoms with Crippen molar-refractivity contribution in [3.8, 4) is 0 Å². The normalized spacial score (nSPS) is 10.3. The zero-order chi connectivity index (χ0) is 13.8. The topological polar surface area (TPSA) is 67.1 Å². The molecule has 5 nitrogen and oxygen atoms in total. The summed E-state index contributed by atoms with van der Waals surface area (Å²) < 4.78 is 0. The van der Waals surface area contributed by atoms with E-state index < -0.39 is 0 Å². The molecular formula is C14H19N5. The standard InChI is InChI=1S/C14H19N5/c1-4-10-13(15)16-9-17-14(10)18-11-7-5-6-8-12(11)19(2)3/h5-9H,4H2,1-3H3,(H3,15,16,17,18). The number of para-hydroxylation sites is 2. The zero-order valence-electron chi connectivity index (χ0n) is 11.5. The number of hydrogen-bond donors (Lipinski definition) is 2. The van der Waals surface area contributed by atoms with Gasteiger partial charge in [0.25, 0.3) is 0 Å². The van der Waals surface area contributed by atoms with E-state index >= 15 is 0 Å². The van der Waals surface area contributed by atoms with Crippen molar-refractivity contribution >= 4 is 23.0 Å². The van der Waals surface area contributed by atoms with Crippen LogP contribution in [-0.4, -0.2) is 24.1 Å². The van der Waals surface area contributed by atoms with E-state index in [1.807, 2.05) is 39.2 Å². The van der Waals surface area contributed by atoms with Gasteiger partial charge < -0.3 is 16.0 Å². The summed E-state index contributed by atoms with van der Waals surface area (Å²) in [6, 6.07) is 8.08. The van der Waals surface area contributed by atoms with Crippen molar-refractivity contribution in [2.75, 3.05) is 30.0 Å². The molecule has 0 saturated carbocycles. The highest BCUT2D eigenvalue weighted by atomic mass is 15.1. The van der Waals surface area contributed by atoms with E-state index in [1.54, 1.807) is 0 Å². The molecule has 0 fully saturated rings. The van der Waals surface area contributed by atoms with Gasteiger partial charge in [0.2, 0.25) is 0 Å². The number of nitrogen functional groups attached to an aromatic ring is 1. The minimum Gasteiger partial charge on any atom is -0.383 e. The molecule has 0 aliphatic carbocycles. The van der Waals surface area contributed by atoms with Gasteiger partial charge in [0.05, 0.1) is 11.4 Å². The number of nitrogens with one attached hydrogen (secondary N) is 1. The maximum absolute atomic E-state index is 5.88. The minimum absolute atomic E-state index is 0.530. The summed E-state index contributed by atoms with van der Waals surface area (Å²) in [6.07, 6.45) is 2.27. The quantitative estimate of drug-likeness (QED) is 0.880. The van der Waals surface area contributed by atoms with Gasteiger partial charge in [0.1, 0.15) is 18.0 Å². The van der Waals surface area contributed by atoms with Crippen LogP contribution in [0.1, 0.15) is 12.5 Å². The van der Waals surface area contributed by atoms with E-state index in [9.17, 15) is 0 Å². The maximum atomic E-state index is 5.88. The van der Waals surface area contributed by atoms with Gasteiger partial charge in [0.15, 0.2) is 0 Å². The van der Waals surface area contributed by atoms with Crippen molar-refractivity contribution in [1.29, 1.82) is 0 Å². The van der Waals surface area contributed by atoms with Gasteiger partial charge in [-0.3, -0.25) is 0 Å². The van der Waals surface area contributed by atoms with Crippen LogP contribution in [0.25, 0.3) is 0 Å². The van der Waals surface area contributed by atoms with E-state index in [4.69, 9.17) is 5.73 Å². The first kappa shape index (κ1) is 13.1. The molecule has 0 atom stereocenters. The number of aromatic nitrogens is 2. The zero-order valence-corrected chi connectivity index (χ0v) is 11.5. The monoisotopic (exact) mass is 257 g/mol. The lowest BCUT2D eigenvalue weighted by molar-refractivity contribution is 1.06. The van der Waals surface area contributed by atoms with Crippen molar-refractivity contribution in [3.63, 3.8) is 0 Å². The molecule has 2 rings (SSSR count). The molecule has 0 aliphatic rings. The predicted molar refractivity (Wildman–Crippen MR) is 79.9 cm³/mol. The molecule has 19 heavy (non-hydrogen) atoms. The lowest BCUT2D eigenvalue weighted by Gasteiger charge is -2.19. The van der Waals surface area contributed by atoms with Crippen LogP contribution >= 0.6 is 0 Å².